The van der Waals surface area contributed by atoms with E-state index >= 15 is 0 Å². The van der Waals surface area contributed by atoms with Gasteiger partial charge in [0.15, 0.2) is 16.5 Å². The van der Waals surface area contributed by atoms with Gasteiger partial charge in [0, 0.05) is 25.2 Å². The molecule has 9 heteroatoms. The van der Waals surface area contributed by atoms with Crippen LogP contribution in [-0.2, 0) is 5.54 Å². The van der Waals surface area contributed by atoms with Crippen LogP contribution in [0, 0.1) is 6.92 Å². The number of anilines is 1. The standard InChI is InChI=1S/C28H32N6O2S/c1-18-11-13-20(14-12-18)25(35)30-27-29-24-23(37-27)22(31-34(24)28(2,3)4)26(36)33-16-15-32(5)17-21(33)19-9-7-6-8-10-19/h6-14,21H,15-17H2,1-5H3,(H,29,30,35). The SMILES string of the molecule is Cc1ccc(C(=O)Nc2nc3c(s2)c(C(=O)N2CCN(C)CC2c2ccccc2)nn3C(C)(C)C)cc1. The number of nitrogens with zero attached hydrogens (tertiary/aromatic N) is 5. The Morgan fingerprint density at radius 2 is 1.73 bits per heavy atom. The first kappa shape index (κ1) is 25.1. The molecule has 1 N–H and O–H groups in total. The molecule has 1 aliphatic heterocycles. The summed E-state index contributed by atoms with van der Waals surface area (Å²) in [6, 6.07) is 17.5. The molecule has 1 fully saturated rings. The van der Waals surface area contributed by atoms with Crippen molar-refractivity contribution in [3.05, 3.63) is 77.0 Å². The smallest absolute Gasteiger partial charge is 0.276 e. The van der Waals surface area contributed by atoms with E-state index in [9.17, 15) is 9.59 Å². The summed E-state index contributed by atoms with van der Waals surface area (Å²) in [7, 11) is 2.08. The number of carbonyl (C=O) groups excluding carboxylic acids is 2. The van der Waals surface area contributed by atoms with Gasteiger partial charge >= 0.3 is 0 Å². The van der Waals surface area contributed by atoms with E-state index in [0.717, 1.165) is 24.2 Å². The fourth-order valence-electron chi connectivity index (χ4n) is 4.60. The Morgan fingerprint density at radius 1 is 1.03 bits per heavy atom. The molecule has 2 aromatic carbocycles. The summed E-state index contributed by atoms with van der Waals surface area (Å²) < 4.78 is 2.48. The van der Waals surface area contributed by atoms with Gasteiger partial charge in [0.25, 0.3) is 11.8 Å². The van der Waals surface area contributed by atoms with Crippen LogP contribution in [-0.4, -0.2) is 63.1 Å². The van der Waals surface area contributed by atoms with Crippen molar-refractivity contribution >= 4 is 38.6 Å². The summed E-state index contributed by atoms with van der Waals surface area (Å²) in [5.74, 6) is -0.349. The lowest BCUT2D eigenvalue weighted by molar-refractivity contribution is 0.0492. The number of benzene rings is 2. The quantitative estimate of drug-likeness (QED) is 0.416. The van der Waals surface area contributed by atoms with Crippen LogP contribution in [0.2, 0.25) is 0 Å². The maximum absolute atomic E-state index is 14.1. The monoisotopic (exact) mass is 516 g/mol. The Balaban J connectivity index is 1.52. The van der Waals surface area contributed by atoms with Crippen LogP contribution in [0.5, 0.6) is 0 Å². The molecule has 1 aliphatic rings. The van der Waals surface area contributed by atoms with Crippen molar-refractivity contribution in [3.8, 4) is 0 Å². The van der Waals surface area contributed by atoms with Crippen LogP contribution >= 0.6 is 11.3 Å². The number of carbonyl (C=O) groups is 2. The maximum atomic E-state index is 14.1. The van der Waals surface area contributed by atoms with E-state index in [4.69, 9.17) is 10.1 Å². The number of hydrogen-bond acceptors (Lipinski definition) is 6. The van der Waals surface area contributed by atoms with Crippen LogP contribution < -0.4 is 5.32 Å². The topological polar surface area (TPSA) is 83.4 Å². The predicted octanol–water partition coefficient (Wildman–Crippen LogP) is 4.94. The molecule has 1 unspecified atom stereocenters. The van der Waals surface area contributed by atoms with Crippen LogP contribution in [0.25, 0.3) is 10.3 Å². The van der Waals surface area contributed by atoms with Crippen LogP contribution in [0.3, 0.4) is 0 Å². The zero-order valence-electron chi connectivity index (χ0n) is 21.9. The summed E-state index contributed by atoms with van der Waals surface area (Å²) in [5, 5.41) is 8.14. The average molecular weight is 517 g/mol. The first-order valence-corrected chi connectivity index (χ1v) is 13.3. The van der Waals surface area contributed by atoms with Gasteiger partial charge < -0.3 is 9.80 Å². The molecule has 192 valence electrons. The van der Waals surface area contributed by atoms with E-state index in [2.05, 4.69) is 29.4 Å². The van der Waals surface area contributed by atoms with Crippen LogP contribution in [0.15, 0.2) is 54.6 Å². The number of aryl methyl sites for hydroxylation is 1. The van der Waals surface area contributed by atoms with Gasteiger partial charge in [0.1, 0.15) is 4.70 Å². The summed E-state index contributed by atoms with van der Waals surface area (Å²) >= 11 is 1.29. The van der Waals surface area contributed by atoms with Crippen molar-refractivity contribution in [2.24, 2.45) is 0 Å². The fraction of sp³-hybridized carbons (Fsp3) is 0.357. The second kappa shape index (κ2) is 9.72. The lowest BCUT2D eigenvalue weighted by Crippen LogP contribution is -2.49. The van der Waals surface area contributed by atoms with Crippen molar-refractivity contribution < 1.29 is 9.59 Å². The maximum Gasteiger partial charge on any atom is 0.276 e. The molecular weight excluding hydrogens is 484 g/mol. The molecule has 0 radical (unpaired) electrons. The van der Waals surface area contributed by atoms with Gasteiger partial charge in [-0.2, -0.15) is 10.1 Å². The van der Waals surface area contributed by atoms with Gasteiger partial charge in [-0.1, -0.05) is 59.4 Å². The minimum absolute atomic E-state index is 0.0732. The molecule has 1 atom stereocenters. The number of nitrogens with one attached hydrogen (secondary N) is 1. The second-order valence-corrected chi connectivity index (χ2v) is 11.6. The largest absolute Gasteiger partial charge is 0.328 e. The number of aromatic nitrogens is 3. The third-order valence-corrected chi connectivity index (χ3v) is 7.59. The Bertz CT molecular complexity index is 1440. The number of hydrogen-bond donors (Lipinski definition) is 1. The second-order valence-electron chi connectivity index (χ2n) is 10.6. The minimum atomic E-state index is -0.399. The molecule has 0 aliphatic carbocycles. The highest BCUT2D eigenvalue weighted by Gasteiger charge is 2.35. The number of rotatable bonds is 4. The number of piperazine rings is 1. The van der Waals surface area contributed by atoms with Crippen molar-refractivity contribution in [2.75, 3.05) is 32.0 Å². The van der Waals surface area contributed by atoms with E-state index in [1.54, 1.807) is 16.8 Å². The zero-order chi connectivity index (χ0) is 26.3. The number of fused-ring (bicyclic) bond motifs is 1. The van der Waals surface area contributed by atoms with Crippen molar-refractivity contribution in [3.63, 3.8) is 0 Å². The highest BCUT2D eigenvalue weighted by Crippen LogP contribution is 2.35. The first-order valence-electron chi connectivity index (χ1n) is 12.4. The van der Waals surface area contributed by atoms with Gasteiger partial charge in [-0.15, -0.1) is 0 Å². The Labute approximate surface area is 220 Å². The number of amides is 2. The van der Waals surface area contributed by atoms with E-state index in [0.29, 0.717) is 33.3 Å². The molecule has 2 amide bonds. The molecule has 0 bridgehead atoms. The van der Waals surface area contributed by atoms with Gasteiger partial charge in [0.2, 0.25) is 0 Å². The number of likely N-dealkylation sites (N-methyl/N-ethyl adjacent to an activating group) is 1. The van der Waals surface area contributed by atoms with Crippen molar-refractivity contribution in [1.82, 2.24) is 24.6 Å². The lowest BCUT2D eigenvalue weighted by atomic mass is 10.0. The summed E-state index contributed by atoms with van der Waals surface area (Å²) in [5.41, 5.74) is 3.33. The van der Waals surface area contributed by atoms with E-state index in [1.807, 2.05) is 62.9 Å². The predicted molar refractivity (Wildman–Crippen MR) is 147 cm³/mol. The summed E-state index contributed by atoms with van der Waals surface area (Å²) in [6.07, 6.45) is 0. The molecule has 0 spiro atoms. The molecule has 37 heavy (non-hydrogen) atoms. The van der Waals surface area contributed by atoms with Crippen LogP contribution in [0.1, 0.15) is 58.8 Å². The molecule has 0 saturated carbocycles. The average Bonchev–Trinajstić information content (AvgIpc) is 3.43. The van der Waals surface area contributed by atoms with Gasteiger partial charge in [-0.05, 0) is 52.4 Å². The highest BCUT2D eigenvalue weighted by atomic mass is 32.1. The van der Waals surface area contributed by atoms with Gasteiger partial charge in [-0.25, -0.2) is 4.68 Å². The van der Waals surface area contributed by atoms with Crippen molar-refractivity contribution in [1.29, 1.82) is 0 Å². The Morgan fingerprint density at radius 3 is 2.41 bits per heavy atom. The van der Waals surface area contributed by atoms with E-state index in [1.165, 1.54) is 11.3 Å². The van der Waals surface area contributed by atoms with E-state index in [-0.39, 0.29) is 17.9 Å². The number of thiazole rings is 1. The fourth-order valence-corrected chi connectivity index (χ4v) is 5.51. The van der Waals surface area contributed by atoms with E-state index < -0.39 is 5.54 Å². The van der Waals surface area contributed by atoms with Crippen LogP contribution in [0.4, 0.5) is 5.13 Å². The summed E-state index contributed by atoms with van der Waals surface area (Å²) in [6.45, 7) is 10.2. The molecule has 8 nitrogen and oxygen atoms in total. The third-order valence-electron chi connectivity index (χ3n) is 6.63. The first-order chi connectivity index (χ1) is 17.6. The zero-order valence-corrected chi connectivity index (χ0v) is 22.7. The third kappa shape index (κ3) is 5.01. The molecule has 3 heterocycles. The highest BCUT2D eigenvalue weighted by molar-refractivity contribution is 7.22. The molecule has 1 saturated heterocycles. The molecule has 2 aromatic heterocycles. The van der Waals surface area contributed by atoms with Gasteiger partial charge in [0.05, 0.1) is 11.6 Å². The lowest BCUT2D eigenvalue weighted by Gasteiger charge is -2.40. The molecular formula is C28H32N6O2S. The Hall–Kier alpha value is -3.56. The summed E-state index contributed by atoms with van der Waals surface area (Å²) in [4.78, 5) is 35.8. The Kier molecular flexibility index (Phi) is 6.59. The van der Waals surface area contributed by atoms with Crippen molar-refractivity contribution in [2.45, 2.75) is 39.3 Å². The molecule has 4 aromatic rings. The minimum Gasteiger partial charge on any atom is -0.328 e. The molecule has 5 rings (SSSR count). The normalized spacial score (nSPS) is 16.8. The van der Waals surface area contributed by atoms with Gasteiger partial charge in [-0.3, -0.25) is 14.9 Å².